The van der Waals surface area contributed by atoms with Crippen molar-refractivity contribution < 1.29 is 14.3 Å². The van der Waals surface area contributed by atoms with Crippen LogP contribution in [-0.4, -0.2) is 52.8 Å². The number of nitrogens with two attached hydrogens (primary N) is 1. The fourth-order valence-corrected chi connectivity index (χ4v) is 4.13. The summed E-state index contributed by atoms with van der Waals surface area (Å²) in [5.74, 6) is -1.50. The summed E-state index contributed by atoms with van der Waals surface area (Å²) in [6.45, 7) is 3.39. The lowest BCUT2D eigenvalue weighted by Gasteiger charge is -2.25. The van der Waals surface area contributed by atoms with Crippen molar-refractivity contribution in [2.75, 3.05) is 31.1 Å². The maximum atomic E-state index is 14.8. The monoisotopic (exact) mass is 389 g/mol. The van der Waals surface area contributed by atoms with E-state index in [-0.39, 0.29) is 28.7 Å². The van der Waals surface area contributed by atoms with Crippen LogP contribution in [0.5, 0.6) is 0 Å². The number of aromatic nitrogens is 2. The van der Waals surface area contributed by atoms with E-state index in [0.717, 1.165) is 38.4 Å². The van der Waals surface area contributed by atoms with Gasteiger partial charge in [-0.3, -0.25) is 4.79 Å². The van der Waals surface area contributed by atoms with Crippen molar-refractivity contribution in [2.24, 2.45) is 11.7 Å². The number of halogens is 1. The molecule has 2 unspecified atom stereocenters. The Balaban J connectivity index is 1.85. The van der Waals surface area contributed by atoms with E-state index in [4.69, 9.17) is 5.73 Å². The average Bonchev–Trinajstić information content (AvgIpc) is 3.10. The summed E-state index contributed by atoms with van der Waals surface area (Å²) >= 11 is 0. The second-order valence-corrected chi connectivity index (χ2v) is 7.70. The number of carboxylic acid groups (broad SMARTS) is 1. The molecule has 0 spiro atoms. The number of fused-ring (bicyclic) bond motifs is 1. The average molecular weight is 389 g/mol. The zero-order chi connectivity index (χ0) is 19.8. The van der Waals surface area contributed by atoms with E-state index >= 15 is 0 Å². The Labute approximate surface area is 161 Å². The van der Waals surface area contributed by atoms with Gasteiger partial charge in [0.25, 0.3) is 0 Å². The third kappa shape index (κ3) is 3.47. The molecule has 2 fully saturated rings. The summed E-state index contributed by atoms with van der Waals surface area (Å²) in [6, 6.07) is 1.08. The summed E-state index contributed by atoms with van der Waals surface area (Å²) < 4.78 is 16.4. The van der Waals surface area contributed by atoms with Crippen molar-refractivity contribution >= 4 is 22.8 Å². The third-order valence-corrected chi connectivity index (χ3v) is 5.59. The van der Waals surface area contributed by atoms with Crippen LogP contribution in [0.4, 0.5) is 10.2 Å². The van der Waals surface area contributed by atoms with Gasteiger partial charge < -0.3 is 25.6 Å². The molecule has 150 valence electrons. The molecule has 0 saturated carbocycles. The molecule has 0 bridgehead atoms. The van der Waals surface area contributed by atoms with E-state index in [1.54, 1.807) is 9.47 Å². The van der Waals surface area contributed by atoms with Crippen LogP contribution in [0.25, 0.3) is 11.0 Å². The molecule has 0 amide bonds. The Morgan fingerprint density at radius 1 is 1.43 bits per heavy atom. The van der Waals surface area contributed by atoms with Gasteiger partial charge >= 0.3 is 5.97 Å². The van der Waals surface area contributed by atoms with Gasteiger partial charge in [-0.05, 0) is 44.3 Å². The van der Waals surface area contributed by atoms with Crippen LogP contribution < -0.4 is 21.4 Å². The molecular weight excluding hydrogens is 365 g/mol. The Bertz CT molecular complexity index is 970. The molecule has 4 heterocycles. The number of nitrogens with zero attached hydrogens (tertiary/aromatic N) is 3. The van der Waals surface area contributed by atoms with Crippen LogP contribution in [0.2, 0.25) is 0 Å². The van der Waals surface area contributed by atoms with Crippen molar-refractivity contribution in [3.8, 4) is 0 Å². The van der Waals surface area contributed by atoms with Gasteiger partial charge in [0.1, 0.15) is 11.2 Å². The highest BCUT2D eigenvalue weighted by molar-refractivity contribution is 5.92. The highest BCUT2D eigenvalue weighted by Gasteiger charge is 2.26. The molecule has 0 aromatic carbocycles. The lowest BCUT2D eigenvalue weighted by atomic mass is 9.99. The lowest BCUT2D eigenvalue weighted by molar-refractivity contribution is 0.0694. The summed E-state index contributed by atoms with van der Waals surface area (Å²) in [7, 11) is 0. The van der Waals surface area contributed by atoms with Crippen LogP contribution >= 0.6 is 0 Å². The van der Waals surface area contributed by atoms with Crippen molar-refractivity contribution in [1.82, 2.24) is 14.9 Å². The van der Waals surface area contributed by atoms with Gasteiger partial charge in [-0.2, -0.15) is 0 Å². The second kappa shape index (κ2) is 7.48. The van der Waals surface area contributed by atoms with Gasteiger partial charge in [-0.1, -0.05) is 0 Å². The van der Waals surface area contributed by atoms with Crippen LogP contribution in [0.15, 0.2) is 17.1 Å². The Morgan fingerprint density at radius 2 is 2.25 bits per heavy atom. The SMILES string of the molecule is NC1CCN(c2nc3c(cc2F)c(=O)c(C(=O)O)cn3CC2CCCNC2)C1. The van der Waals surface area contributed by atoms with Gasteiger partial charge in [-0.15, -0.1) is 0 Å². The molecule has 0 radical (unpaired) electrons. The number of carboxylic acids is 1. The normalized spacial score (nSPS) is 22.7. The zero-order valence-corrected chi connectivity index (χ0v) is 15.5. The molecule has 2 aromatic rings. The van der Waals surface area contributed by atoms with Crippen molar-refractivity contribution in [3.63, 3.8) is 0 Å². The number of hydrogen-bond acceptors (Lipinski definition) is 6. The third-order valence-electron chi connectivity index (χ3n) is 5.59. The molecule has 28 heavy (non-hydrogen) atoms. The highest BCUT2D eigenvalue weighted by Crippen LogP contribution is 2.25. The summed E-state index contributed by atoms with van der Waals surface area (Å²) in [4.78, 5) is 30.4. The first kappa shape index (κ1) is 18.8. The Morgan fingerprint density at radius 3 is 2.89 bits per heavy atom. The topological polar surface area (TPSA) is 113 Å². The standard InChI is InChI=1S/C19H24FN5O3/c20-15-6-13-16(26)14(19(27)28)10-25(8-11-2-1-4-22-7-11)17(13)23-18(15)24-5-3-12(21)9-24/h6,10-12,22H,1-5,7-9,21H2,(H,27,28). The largest absolute Gasteiger partial charge is 0.477 e. The minimum absolute atomic E-state index is 0.00610. The molecule has 2 atom stereocenters. The van der Waals surface area contributed by atoms with Crippen LogP contribution in [0.3, 0.4) is 0 Å². The molecule has 9 heteroatoms. The van der Waals surface area contributed by atoms with E-state index in [1.807, 2.05) is 0 Å². The lowest BCUT2D eigenvalue weighted by Crippen LogP contribution is -2.33. The maximum absolute atomic E-state index is 14.8. The second-order valence-electron chi connectivity index (χ2n) is 7.70. The molecule has 2 aromatic heterocycles. The van der Waals surface area contributed by atoms with Crippen molar-refractivity contribution in [1.29, 1.82) is 0 Å². The van der Waals surface area contributed by atoms with Gasteiger partial charge in [0.2, 0.25) is 5.43 Å². The van der Waals surface area contributed by atoms with Crippen LogP contribution in [0, 0.1) is 11.7 Å². The van der Waals surface area contributed by atoms with Crippen molar-refractivity contribution in [3.05, 3.63) is 33.9 Å². The van der Waals surface area contributed by atoms with E-state index in [1.165, 1.54) is 6.20 Å². The number of aromatic carboxylic acids is 1. The molecule has 8 nitrogen and oxygen atoms in total. The van der Waals surface area contributed by atoms with E-state index in [0.29, 0.717) is 25.3 Å². The Kier molecular flexibility index (Phi) is 5.03. The number of hydrogen-bond donors (Lipinski definition) is 3. The van der Waals surface area contributed by atoms with Crippen molar-refractivity contribution in [2.45, 2.75) is 31.8 Å². The fraction of sp³-hybridized carbons (Fsp3) is 0.526. The molecule has 4 N–H and O–H groups in total. The molecule has 2 saturated heterocycles. The molecule has 2 aliphatic heterocycles. The first-order chi connectivity index (χ1) is 13.4. The van der Waals surface area contributed by atoms with E-state index in [9.17, 15) is 19.1 Å². The predicted octanol–water partition coefficient (Wildman–Crippen LogP) is 0.771. The molecule has 4 rings (SSSR count). The van der Waals surface area contributed by atoms with E-state index < -0.39 is 17.2 Å². The quantitative estimate of drug-likeness (QED) is 0.708. The van der Waals surface area contributed by atoms with E-state index in [2.05, 4.69) is 10.3 Å². The maximum Gasteiger partial charge on any atom is 0.341 e. The van der Waals surface area contributed by atoms with Crippen LogP contribution in [0.1, 0.15) is 29.6 Å². The first-order valence-corrected chi connectivity index (χ1v) is 9.62. The minimum atomic E-state index is -1.32. The highest BCUT2D eigenvalue weighted by atomic mass is 19.1. The van der Waals surface area contributed by atoms with Gasteiger partial charge in [0.05, 0.1) is 5.39 Å². The molecule has 2 aliphatic rings. The number of piperidine rings is 1. The number of anilines is 1. The first-order valence-electron chi connectivity index (χ1n) is 9.62. The summed E-state index contributed by atoms with van der Waals surface area (Å²) in [6.07, 6.45) is 4.12. The number of nitrogens with one attached hydrogen (secondary N) is 1. The summed E-state index contributed by atoms with van der Waals surface area (Å²) in [5.41, 5.74) is 5.18. The smallest absolute Gasteiger partial charge is 0.341 e. The van der Waals surface area contributed by atoms with Gasteiger partial charge in [0.15, 0.2) is 11.6 Å². The Hall–Kier alpha value is -2.52. The van der Waals surface area contributed by atoms with Crippen LogP contribution in [-0.2, 0) is 6.54 Å². The molecular formula is C19H24FN5O3. The number of carbonyl (C=O) groups is 1. The fourth-order valence-electron chi connectivity index (χ4n) is 4.13. The number of pyridine rings is 2. The predicted molar refractivity (Wildman–Crippen MR) is 103 cm³/mol. The summed E-state index contributed by atoms with van der Waals surface area (Å²) in [5, 5.41) is 12.7. The molecule has 0 aliphatic carbocycles. The van der Waals surface area contributed by atoms with Gasteiger partial charge in [-0.25, -0.2) is 14.2 Å². The number of rotatable bonds is 4. The zero-order valence-electron chi connectivity index (χ0n) is 15.5. The van der Waals surface area contributed by atoms with Gasteiger partial charge in [0, 0.05) is 31.9 Å². The minimum Gasteiger partial charge on any atom is -0.477 e.